The summed E-state index contributed by atoms with van der Waals surface area (Å²) in [6, 6.07) is 0. The fourth-order valence-electron chi connectivity index (χ4n) is 13.3. The SMILES string of the molecule is CCCCCCCCCCCCCCCCCCCCCCCC(=O)OC1CC[C@@]2(C)C(CC[C@H]3[C@@H]4CC[C@H]([C@H](C)CCCC(C)C)[C@@]4(C)CC[C@@H]32)C1. The topological polar surface area (TPSA) is 26.3 Å². The maximum atomic E-state index is 12.9. The van der Waals surface area contributed by atoms with Crippen molar-refractivity contribution in [1.82, 2.24) is 0 Å². The van der Waals surface area contributed by atoms with Crippen LogP contribution in [-0.4, -0.2) is 12.1 Å². The first-order chi connectivity index (χ1) is 25.7. The summed E-state index contributed by atoms with van der Waals surface area (Å²) in [6.45, 7) is 15.1. The summed E-state index contributed by atoms with van der Waals surface area (Å²) in [5, 5.41) is 0. The fourth-order valence-corrected chi connectivity index (χ4v) is 13.3. The summed E-state index contributed by atoms with van der Waals surface area (Å²) in [7, 11) is 0. The Balaban J connectivity index is 0.989. The van der Waals surface area contributed by atoms with Crippen LogP contribution in [0.15, 0.2) is 0 Å². The van der Waals surface area contributed by atoms with E-state index >= 15 is 0 Å². The maximum absolute atomic E-state index is 12.9. The van der Waals surface area contributed by atoms with Crippen molar-refractivity contribution in [2.24, 2.45) is 52.3 Å². The Hall–Kier alpha value is -0.530. The lowest BCUT2D eigenvalue weighted by Crippen LogP contribution is -2.54. The number of hydrogen-bond donors (Lipinski definition) is 0. The highest BCUT2D eigenvalue weighted by Gasteiger charge is 2.60. The van der Waals surface area contributed by atoms with Crippen molar-refractivity contribution < 1.29 is 9.53 Å². The highest BCUT2D eigenvalue weighted by atomic mass is 16.5. The average Bonchev–Trinajstić information content (AvgIpc) is 3.49. The molecule has 53 heavy (non-hydrogen) atoms. The highest BCUT2D eigenvalue weighted by Crippen LogP contribution is 2.68. The lowest BCUT2D eigenvalue weighted by atomic mass is 9.44. The molecule has 0 saturated heterocycles. The van der Waals surface area contributed by atoms with E-state index in [0.29, 0.717) is 17.3 Å². The molecule has 0 heterocycles. The number of unbranched alkanes of at least 4 members (excludes halogenated alkanes) is 20. The van der Waals surface area contributed by atoms with Crippen LogP contribution in [-0.2, 0) is 9.53 Å². The van der Waals surface area contributed by atoms with E-state index in [1.54, 1.807) is 0 Å². The predicted octanol–water partition coefficient (Wildman–Crippen LogP) is 16.6. The van der Waals surface area contributed by atoms with E-state index in [-0.39, 0.29) is 12.1 Å². The molecule has 2 heteroatoms. The third kappa shape index (κ3) is 14.1. The molecular weight excluding hydrogens is 645 g/mol. The lowest BCUT2D eigenvalue weighted by Gasteiger charge is -2.61. The summed E-state index contributed by atoms with van der Waals surface area (Å²) < 4.78 is 6.20. The molecule has 0 amide bonds. The Labute approximate surface area is 332 Å². The first-order valence-electron chi connectivity index (χ1n) is 24.9. The number of carbonyl (C=O) groups is 1. The van der Waals surface area contributed by atoms with Gasteiger partial charge in [-0.2, -0.15) is 0 Å². The van der Waals surface area contributed by atoms with Crippen molar-refractivity contribution >= 4 is 5.97 Å². The van der Waals surface area contributed by atoms with E-state index in [2.05, 4.69) is 41.5 Å². The molecule has 4 rings (SSSR count). The Morgan fingerprint density at radius 3 is 1.62 bits per heavy atom. The van der Waals surface area contributed by atoms with Crippen LogP contribution < -0.4 is 0 Å². The maximum Gasteiger partial charge on any atom is 0.306 e. The van der Waals surface area contributed by atoms with Crippen LogP contribution in [0.2, 0.25) is 0 Å². The van der Waals surface area contributed by atoms with E-state index in [4.69, 9.17) is 4.74 Å². The smallest absolute Gasteiger partial charge is 0.306 e. The van der Waals surface area contributed by atoms with Gasteiger partial charge in [0, 0.05) is 6.42 Å². The second-order valence-electron chi connectivity index (χ2n) is 20.9. The summed E-state index contributed by atoms with van der Waals surface area (Å²) in [6.07, 6.45) is 46.7. The standard InChI is InChI=1S/C51H94O2/c1-7-8-9-10-11-12-13-14-15-16-17-18-19-20-21-22-23-24-25-26-27-31-49(52)53-44-36-38-50(5)43(40-44)32-33-45-47-35-34-46(42(4)30-28-29-41(2)3)51(47,6)39-37-48(45)50/h41-48H,7-40H2,1-6H3/t42-,43?,44?,45+,46-,47+,48+,50+,51-/m1/s1. The molecule has 2 nitrogen and oxygen atoms in total. The van der Waals surface area contributed by atoms with Gasteiger partial charge < -0.3 is 4.74 Å². The molecule has 9 atom stereocenters. The van der Waals surface area contributed by atoms with Gasteiger partial charge in [0.25, 0.3) is 0 Å². The van der Waals surface area contributed by atoms with Gasteiger partial charge in [-0.15, -0.1) is 0 Å². The normalized spacial score (nSPS) is 31.6. The van der Waals surface area contributed by atoms with Crippen molar-refractivity contribution in [2.45, 2.75) is 266 Å². The zero-order valence-corrected chi connectivity index (χ0v) is 37.0. The average molecular weight is 739 g/mol. The molecule has 310 valence electrons. The van der Waals surface area contributed by atoms with Crippen molar-refractivity contribution in [1.29, 1.82) is 0 Å². The van der Waals surface area contributed by atoms with Crippen molar-refractivity contribution in [3.8, 4) is 0 Å². The molecule has 4 saturated carbocycles. The number of hydrogen-bond acceptors (Lipinski definition) is 2. The number of rotatable bonds is 28. The molecule has 4 fully saturated rings. The summed E-state index contributed by atoms with van der Waals surface area (Å²) >= 11 is 0. The Morgan fingerprint density at radius 1 is 0.566 bits per heavy atom. The van der Waals surface area contributed by atoms with Gasteiger partial charge in [-0.3, -0.25) is 4.79 Å². The number of esters is 1. The highest BCUT2D eigenvalue weighted by molar-refractivity contribution is 5.69. The van der Waals surface area contributed by atoms with Crippen LogP contribution >= 0.6 is 0 Å². The van der Waals surface area contributed by atoms with Gasteiger partial charge in [0.2, 0.25) is 0 Å². The molecule has 0 aromatic carbocycles. The molecule has 0 spiro atoms. The third-order valence-corrected chi connectivity index (χ3v) is 16.6. The number of fused-ring (bicyclic) bond motifs is 5. The molecule has 0 aromatic rings. The monoisotopic (exact) mass is 739 g/mol. The molecule has 4 aliphatic carbocycles. The number of ether oxygens (including phenoxy) is 1. The molecule has 0 aromatic heterocycles. The molecular formula is C51H94O2. The zero-order chi connectivity index (χ0) is 37.9. The van der Waals surface area contributed by atoms with Gasteiger partial charge in [0.1, 0.15) is 6.10 Å². The van der Waals surface area contributed by atoms with Gasteiger partial charge in [-0.1, -0.05) is 189 Å². The van der Waals surface area contributed by atoms with Crippen LogP contribution in [0.25, 0.3) is 0 Å². The molecule has 0 bridgehead atoms. The molecule has 0 N–H and O–H groups in total. The van der Waals surface area contributed by atoms with Crippen LogP contribution in [0.1, 0.15) is 260 Å². The van der Waals surface area contributed by atoms with E-state index in [0.717, 1.165) is 60.7 Å². The molecule has 2 unspecified atom stereocenters. The Morgan fingerprint density at radius 2 is 1.08 bits per heavy atom. The van der Waals surface area contributed by atoms with Crippen molar-refractivity contribution in [2.75, 3.05) is 0 Å². The minimum atomic E-state index is 0.0954. The summed E-state index contributed by atoms with van der Waals surface area (Å²) in [4.78, 5) is 12.9. The van der Waals surface area contributed by atoms with Crippen LogP contribution in [0.3, 0.4) is 0 Å². The molecule has 0 radical (unpaired) electrons. The van der Waals surface area contributed by atoms with E-state index < -0.39 is 0 Å². The minimum absolute atomic E-state index is 0.0954. The Kier molecular flexibility index (Phi) is 20.7. The zero-order valence-electron chi connectivity index (χ0n) is 37.0. The quantitative estimate of drug-likeness (QED) is 0.0590. The van der Waals surface area contributed by atoms with Gasteiger partial charge in [-0.05, 0) is 116 Å². The van der Waals surface area contributed by atoms with Crippen LogP contribution in [0, 0.1) is 52.3 Å². The van der Waals surface area contributed by atoms with Crippen molar-refractivity contribution in [3.63, 3.8) is 0 Å². The third-order valence-electron chi connectivity index (χ3n) is 16.6. The van der Waals surface area contributed by atoms with Crippen LogP contribution in [0.5, 0.6) is 0 Å². The second-order valence-corrected chi connectivity index (χ2v) is 20.9. The van der Waals surface area contributed by atoms with Gasteiger partial charge in [0.15, 0.2) is 0 Å². The summed E-state index contributed by atoms with van der Waals surface area (Å²) in [5.74, 6) is 6.36. The van der Waals surface area contributed by atoms with Gasteiger partial charge in [0.05, 0.1) is 0 Å². The van der Waals surface area contributed by atoms with Gasteiger partial charge in [-0.25, -0.2) is 0 Å². The Bertz CT molecular complexity index is 971. The van der Waals surface area contributed by atoms with Crippen LogP contribution in [0.4, 0.5) is 0 Å². The first-order valence-corrected chi connectivity index (χ1v) is 24.9. The second kappa shape index (κ2) is 24.3. The van der Waals surface area contributed by atoms with E-state index in [1.807, 2.05) is 0 Å². The van der Waals surface area contributed by atoms with Crippen molar-refractivity contribution in [3.05, 3.63) is 0 Å². The summed E-state index contributed by atoms with van der Waals surface area (Å²) in [5.41, 5.74) is 1.06. The first kappa shape index (κ1) is 45.2. The van der Waals surface area contributed by atoms with Gasteiger partial charge >= 0.3 is 5.97 Å². The minimum Gasteiger partial charge on any atom is -0.462 e. The van der Waals surface area contributed by atoms with E-state index in [1.165, 1.54) is 193 Å². The number of carbonyl (C=O) groups excluding carboxylic acids is 1. The fraction of sp³-hybridized carbons (Fsp3) is 0.980. The lowest BCUT2D eigenvalue weighted by molar-refractivity contribution is -0.162. The van der Waals surface area contributed by atoms with E-state index in [9.17, 15) is 4.79 Å². The molecule has 4 aliphatic rings. The molecule has 0 aliphatic heterocycles. The largest absolute Gasteiger partial charge is 0.462 e. The predicted molar refractivity (Wildman–Crippen MR) is 230 cm³/mol.